The van der Waals surface area contributed by atoms with Crippen molar-refractivity contribution in [3.8, 4) is 11.5 Å². The van der Waals surface area contributed by atoms with Gasteiger partial charge in [-0.15, -0.1) is 0 Å². The molecule has 0 unspecified atom stereocenters. The molecule has 7 nitrogen and oxygen atoms in total. The number of ether oxygens (including phenoxy) is 2. The van der Waals surface area contributed by atoms with E-state index in [1.165, 1.54) is 31.4 Å². The van der Waals surface area contributed by atoms with Gasteiger partial charge in [-0.05, 0) is 18.2 Å². The molecule has 0 heterocycles. The highest BCUT2D eigenvalue weighted by molar-refractivity contribution is 7.91. The molecule has 0 aromatic heterocycles. The monoisotopic (exact) mass is 405 g/mol. The number of halogens is 2. The van der Waals surface area contributed by atoms with Crippen molar-refractivity contribution in [2.45, 2.75) is 4.90 Å². The standard InChI is InChI=1S/C15H13Cl2NO6S/c1-23-5-6-25(21,22)12-4-2-3-11(9-12)24-15-13(16)7-10(18(19)20)8-14(15)17/h2-4,7-9H,5-6H2,1H3. The van der Waals surface area contributed by atoms with E-state index in [0.29, 0.717) is 0 Å². The molecule has 2 aromatic carbocycles. The molecular formula is C15H13Cl2NO6S. The van der Waals surface area contributed by atoms with Crippen molar-refractivity contribution in [1.82, 2.24) is 0 Å². The maximum atomic E-state index is 12.2. The Morgan fingerprint density at radius 2 is 1.80 bits per heavy atom. The van der Waals surface area contributed by atoms with Gasteiger partial charge in [-0.25, -0.2) is 8.42 Å². The lowest BCUT2D eigenvalue weighted by Crippen LogP contribution is -2.11. The quantitative estimate of drug-likeness (QED) is 0.507. The molecule has 0 aliphatic rings. The van der Waals surface area contributed by atoms with Crippen LogP contribution in [-0.4, -0.2) is 32.8 Å². The summed E-state index contributed by atoms with van der Waals surface area (Å²) < 4.78 is 34.7. The van der Waals surface area contributed by atoms with E-state index in [1.54, 1.807) is 0 Å². The van der Waals surface area contributed by atoms with Crippen molar-refractivity contribution < 1.29 is 22.8 Å². The highest BCUT2D eigenvalue weighted by Crippen LogP contribution is 2.39. The molecule has 0 bridgehead atoms. The number of hydrogen-bond donors (Lipinski definition) is 0. The maximum Gasteiger partial charge on any atom is 0.272 e. The van der Waals surface area contributed by atoms with Crippen LogP contribution < -0.4 is 4.74 Å². The Hall–Kier alpha value is -1.87. The van der Waals surface area contributed by atoms with Crippen molar-refractivity contribution >= 4 is 38.7 Å². The molecule has 0 N–H and O–H groups in total. The summed E-state index contributed by atoms with van der Waals surface area (Å²) in [7, 11) is -2.13. The molecule has 0 aliphatic heterocycles. The highest BCUT2D eigenvalue weighted by atomic mass is 35.5. The van der Waals surface area contributed by atoms with Crippen molar-refractivity contribution in [1.29, 1.82) is 0 Å². The third-order valence-electron chi connectivity index (χ3n) is 3.13. The minimum Gasteiger partial charge on any atom is -0.454 e. The first-order valence-electron chi connectivity index (χ1n) is 6.87. The molecule has 10 heteroatoms. The van der Waals surface area contributed by atoms with Gasteiger partial charge in [0, 0.05) is 19.2 Å². The van der Waals surface area contributed by atoms with Gasteiger partial charge in [-0.3, -0.25) is 10.1 Å². The van der Waals surface area contributed by atoms with Gasteiger partial charge in [0.1, 0.15) is 5.75 Å². The Morgan fingerprint density at radius 1 is 1.16 bits per heavy atom. The second-order valence-corrected chi connectivity index (χ2v) is 7.81. The average molecular weight is 406 g/mol. The zero-order valence-electron chi connectivity index (χ0n) is 12.9. The molecule has 0 amide bonds. The number of methoxy groups -OCH3 is 1. The lowest BCUT2D eigenvalue weighted by atomic mass is 10.3. The minimum atomic E-state index is -3.54. The molecular weight excluding hydrogens is 393 g/mol. The topological polar surface area (TPSA) is 95.7 Å². The normalized spacial score (nSPS) is 11.3. The van der Waals surface area contributed by atoms with E-state index in [4.69, 9.17) is 32.7 Å². The Bertz CT molecular complexity index is 878. The third kappa shape index (κ3) is 4.82. The van der Waals surface area contributed by atoms with E-state index in [0.717, 1.165) is 12.1 Å². The number of nitro benzene ring substituents is 1. The van der Waals surface area contributed by atoms with E-state index in [-0.39, 0.29) is 44.5 Å². The van der Waals surface area contributed by atoms with Crippen LogP contribution in [0.4, 0.5) is 5.69 Å². The molecule has 134 valence electrons. The summed E-state index contributed by atoms with van der Waals surface area (Å²) in [5.74, 6) is 0.00273. The fourth-order valence-electron chi connectivity index (χ4n) is 1.91. The number of rotatable bonds is 7. The molecule has 25 heavy (non-hydrogen) atoms. The maximum absolute atomic E-state index is 12.2. The summed E-state index contributed by atoms with van der Waals surface area (Å²) in [5, 5.41) is 10.7. The predicted molar refractivity (Wildman–Crippen MR) is 93.6 cm³/mol. The molecule has 0 saturated heterocycles. The van der Waals surface area contributed by atoms with Gasteiger partial charge in [0.25, 0.3) is 5.69 Å². The van der Waals surface area contributed by atoms with E-state index in [2.05, 4.69) is 0 Å². The third-order valence-corrected chi connectivity index (χ3v) is 5.37. The lowest BCUT2D eigenvalue weighted by Gasteiger charge is -2.11. The number of sulfone groups is 1. The number of hydrogen-bond acceptors (Lipinski definition) is 6. The Morgan fingerprint density at radius 3 is 2.36 bits per heavy atom. The fourth-order valence-corrected chi connectivity index (χ4v) is 3.67. The van der Waals surface area contributed by atoms with Crippen molar-refractivity contribution in [2.75, 3.05) is 19.5 Å². The van der Waals surface area contributed by atoms with Crippen LogP contribution in [0.1, 0.15) is 0 Å². The fraction of sp³-hybridized carbons (Fsp3) is 0.200. The Balaban J connectivity index is 2.33. The zero-order valence-corrected chi connectivity index (χ0v) is 15.3. The van der Waals surface area contributed by atoms with E-state index < -0.39 is 14.8 Å². The summed E-state index contributed by atoms with van der Waals surface area (Å²) in [6, 6.07) is 7.96. The van der Waals surface area contributed by atoms with Crippen LogP contribution in [0.15, 0.2) is 41.3 Å². The number of benzene rings is 2. The van der Waals surface area contributed by atoms with Gasteiger partial charge in [-0.2, -0.15) is 0 Å². The minimum absolute atomic E-state index is 0.000345. The molecule has 0 atom stereocenters. The zero-order chi connectivity index (χ0) is 18.6. The number of non-ortho nitro benzene ring substituents is 1. The molecule has 0 spiro atoms. The summed E-state index contributed by atoms with van der Waals surface area (Å²) in [6.07, 6.45) is 0. The van der Waals surface area contributed by atoms with Crippen molar-refractivity contribution in [3.63, 3.8) is 0 Å². The van der Waals surface area contributed by atoms with E-state index in [9.17, 15) is 18.5 Å². The first kappa shape index (κ1) is 19.5. The van der Waals surface area contributed by atoms with E-state index in [1.807, 2.05) is 0 Å². The van der Waals surface area contributed by atoms with Gasteiger partial charge < -0.3 is 9.47 Å². The molecule has 2 aromatic rings. The van der Waals surface area contributed by atoms with Crippen LogP contribution in [0.25, 0.3) is 0 Å². The molecule has 0 aliphatic carbocycles. The lowest BCUT2D eigenvalue weighted by molar-refractivity contribution is -0.384. The van der Waals surface area contributed by atoms with Gasteiger partial charge in [-0.1, -0.05) is 29.3 Å². The molecule has 0 saturated carbocycles. The largest absolute Gasteiger partial charge is 0.454 e. The number of nitro groups is 1. The average Bonchev–Trinajstić information content (AvgIpc) is 2.56. The summed E-state index contributed by atoms with van der Waals surface area (Å²) in [4.78, 5) is 10.2. The first-order valence-corrected chi connectivity index (χ1v) is 9.28. The van der Waals surface area contributed by atoms with Crippen LogP contribution in [0, 0.1) is 10.1 Å². The Labute approximate surface area is 154 Å². The summed E-state index contributed by atoms with van der Waals surface area (Å²) >= 11 is 12.0. The van der Waals surface area contributed by atoms with E-state index >= 15 is 0 Å². The summed E-state index contributed by atoms with van der Waals surface area (Å²) in [6.45, 7) is 0.0629. The van der Waals surface area contributed by atoms with Gasteiger partial charge in [0.15, 0.2) is 15.6 Å². The predicted octanol–water partition coefficient (Wildman–Crippen LogP) is 4.11. The SMILES string of the molecule is COCCS(=O)(=O)c1cccc(Oc2c(Cl)cc([N+](=O)[O-])cc2Cl)c1. The second kappa shape index (κ2) is 8.01. The highest BCUT2D eigenvalue weighted by Gasteiger charge is 2.18. The van der Waals surface area contributed by atoms with Crippen LogP contribution in [0.2, 0.25) is 10.0 Å². The molecule has 0 fully saturated rings. The van der Waals surface area contributed by atoms with Crippen molar-refractivity contribution in [2.24, 2.45) is 0 Å². The van der Waals surface area contributed by atoms with Gasteiger partial charge >= 0.3 is 0 Å². The smallest absolute Gasteiger partial charge is 0.272 e. The van der Waals surface area contributed by atoms with Gasteiger partial charge in [0.05, 0.1) is 32.2 Å². The van der Waals surface area contributed by atoms with Crippen LogP contribution in [-0.2, 0) is 14.6 Å². The van der Waals surface area contributed by atoms with Crippen LogP contribution in [0.3, 0.4) is 0 Å². The Kier molecular flexibility index (Phi) is 6.23. The first-order chi connectivity index (χ1) is 11.7. The van der Waals surface area contributed by atoms with Crippen LogP contribution in [0.5, 0.6) is 11.5 Å². The second-order valence-electron chi connectivity index (χ2n) is 4.88. The van der Waals surface area contributed by atoms with Gasteiger partial charge in [0.2, 0.25) is 0 Å². The van der Waals surface area contributed by atoms with Crippen LogP contribution >= 0.6 is 23.2 Å². The molecule has 0 radical (unpaired) electrons. The number of nitrogens with zero attached hydrogens (tertiary/aromatic N) is 1. The molecule has 2 rings (SSSR count). The van der Waals surface area contributed by atoms with Crippen molar-refractivity contribution in [3.05, 3.63) is 56.6 Å². The summed E-state index contributed by atoms with van der Waals surface area (Å²) in [5.41, 5.74) is -0.279.